The average molecular weight is 622 g/mol. The lowest BCUT2D eigenvalue weighted by Crippen LogP contribution is -2.58. The van der Waals surface area contributed by atoms with E-state index in [4.69, 9.17) is 0 Å². The molecule has 2 fully saturated rings. The van der Waals surface area contributed by atoms with Crippen molar-refractivity contribution < 1.29 is 19.2 Å². The van der Waals surface area contributed by atoms with Crippen LogP contribution < -0.4 is 16.0 Å². The number of piperazine rings is 1. The van der Waals surface area contributed by atoms with Crippen molar-refractivity contribution in [2.24, 2.45) is 16.8 Å². The summed E-state index contributed by atoms with van der Waals surface area (Å²) in [4.78, 5) is 54.7. The molecule has 3 amide bonds. The maximum Gasteiger partial charge on any atom is 0.245 e. The normalized spacial score (nSPS) is 18.8. The van der Waals surface area contributed by atoms with Gasteiger partial charge < -0.3 is 20.9 Å². The van der Waals surface area contributed by atoms with Crippen LogP contribution in [0, 0.1) is 11.8 Å². The van der Waals surface area contributed by atoms with Crippen LogP contribution >= 0.6 is 0 Å². The number of rotatable bonds is 12. The Labute approximate surface area is 270 Å². The summed E-state index contributed by atoms with van der Waals surface area (Å²) in [5.74, 6) is 0.421. The van der Waals surface area contributed by atoms with Gasteiger partial charge in [0.1, 0.15) is 6.04 Å². The van der Waals surface area contributed by atoms with E-state index in [2.05, 4.69) is 27.5 Å². The Hall–Kier alpha value is -3.59. The van der Waals surface area contributed by atoms with Crippen LogP contribution in [-0.4, -0.2) is 72.9 Å². The number of carbonyl (C=O) groups excluding carboxylic acids is 4. The second-order valence-electron chi connectivity index (χ2n) is 12.2. The van der Waals surface area contributed by atoms with Crippen molar-refractivity contribution in [2.75, 3.05) is 31.5 Å². The second-order valence-corrected chi connectivity index (χ2v) is 12.2. The van der Waals surface area contributed by atoms with Crippen LogP contribution in [0.25, 0.3) is 0 Å². The van der Waals surface area contributed by atoms with Crippen LogP contribution in [0.4, 0.5) is 5.69 Å². The van der Waals surface area contributed by atoms with Crippen LogP contribution in [0.2, 0.25) is 0 Å². The number of carbonyl (C=O) groups is 4. The van der Waals surface area contributed by atoms with E-state index in [-0.39, 0.29) is 35.5 Å². The van der Waals surface area contributed by atoms with E-state index in [1.54, 1.807) is 33.1 Å². The first-order chi connectivity index (χ1) is 21.5. The molecule has 248 valence electrons. The Bertz CT molecular complexity index is 1200. The smallest absolute Gasteiger partial charge is 0.245 e. The highest BCUT2D eigenvalue weighted by Gasteiger charge is 2.30. The highest BCUT2D eigenvalue weighted by atomic mass is 16.2. The maximum absolute atomic E-state index is 13.4. The van der Waals surface area contributed by atoms with E-state index in [1.165, 1.54) is 19.3 Å². The van der Waals surface area contributed by atoms with Gasteiger partial charge in [-0.15, -0.1) is 0 Å². The Kier molecular flexibility index (Phi) is 16.5. The van der Waals surface area contributed by atoms with Gasteiger partial charge in [0.15, 0.2) is 5.78 Å². The number of anilines is 1. The summed E-state index contributed by atoms with van der Waals surface area (Å²) >= 11 is 0. The van der Waals surface area contributed by atoms with E-state index >= 15 is 0 Å². The zero-order chi connectivity index (χ0) is 33.4. The minimum Gasteiger partial charge on any atom is -0.344 e. The fourth-order valence-corrected chi connectivity index (χ4v) is 5.45. The number of nitrogens with zero attached hydrogens (tertiary/aromatic N) is 2. The van der Waals surface area contributed by atoms with Gasteiger partial charge in [-0.2, -0.15) is 0 Å². The standard InChI is InChI=1S/C28H42N4O3.C8H13NO/c1-5-26(33)31-24(28(35)32-16-15-29-25(18-32)19(2)3)17-21-11-13-23(14-12-21)30-27(34)20(4)22-9-7-6-8-10-22;1-4-9-6-5-7(2)8(3)10/h11-14,20,22,24-25,29H,2,5-10,15-18H2,1,3-4H3,(H,30,34)(H,31,33);5-6H,4H2,1-3H3/b;7-5+,9-6?/t20-,24?,25+;/m0./s1. The first-order valence-electron chi connectivity index (χ1n) is 16.5. The molecule has 0 radical (unpaired) electrons. The van der Waals surface area contributed by atoms with E-state index in [0.717, 1.165) is 41.8 Å². The third kappa shape index (κ3) is 13.1. The summed E-state index contributed by atoms with van der Waals surface area (Å²) in [5.41, 5.74) is 3.43. The molecule has 1 heterocycles. The van der Waals surface area contributed by atoms with E-state index in [1.807, 2.05) is 49.9 Å². The highest BCUT2D eigenvalue weighted by Crippen LogP contribution is 2.30. The molecule has 45 heavy (non-hydrogen) atoms. The number of Topliss-reactive ketones (excluding diaryl/α,β-unsaturated/α-hetero) is 1. The molecule has 3 N–H and O–H groups in total. The van der Waals surface area contributed by atoms with Crippen LogP contribution in [0.15, 0.2) is 53.1 Å². The third-order valence-corrected chi connectivity index (χ3v) is 8.64. The monoisotopic (exact) mass is 621 g/mol. The predicted octanol–water partition coefficient (Wildman–Crippen LogP) is 5.27. The average Bonchev–Trinajstić information content (AvgIpc) is 3.05. The molecule has 2 aliphatic rings. The number of hydrogen-bond donors (Lipinski definition) is 3. The van der Waals surface area contributed by atoms with E-state index in [9.17, 15) is 19.2 Å². The molecule has 3 rings (SSSR count). The maximum atomic E-state index is 13.4. The van der Waals surface area contributed by atoms with Crippen LogP contribution in [0.5, 0.6) is 0 Å². The molecule has 0 bridgehead atoms. The number of aliphatic imine (C=N–C) groups is 1. The summed E-state index contributed by atoms with van der Waals surface area (Å²) in [6.45, 7) is 17.7. The summed E-state index contributed by atoms with van der Waals surface area (Å²) in [7, 11) is 0. The SMILES string of the molecule is C=C(C)[C@H]1CN(C(=O)C(Cc2ccc(NC(=O)[C@@H](C)C3CCCCC3)cc2)NC(=O)CC)CCN1.CCN=C/C=C(\C)C(C)=O. The lowest BCUT2D eigenvalue weighted by molar-refractivity contribution is -0.137. The van der Waals surface area contributed by atoms with Gasteiger partial charge in [-0.3, -0.25) is 24.2 Å². The van der Waals surface area contributed by atoms with Crippen LogP contribution in [0.3, 0.4) is 0 Å². The molecule has 1 saturated carbocycles. The molecular formula is C36H55N5O4. The van der Waals surface area contributed by atoms with Crippen molar-refractivity contribution in [3.05, 3.63) is 53.6 Å². The van der Waals surface area contributed by atoms with E-state index < -0.39 is 6.04 Å². The minimum absolute atomic E-state index is 0.00305. The zero-order valence-electron chi connectivity index (χ0n) is 28.3. The van der Waals surface area contributed by atoms with Crippen molar-refractivity contribution in [2.45, 2.75) is 98.6 Å². The summed E-state index contributed by atoms with van der Waals surface area (Å²) in [5, 5.41) is 9.34. The van der Waals surface area contributed by atoms with Crippen LogP contribution in [0.1, 0.15) is 85.6 Å². The van der Waals surface area contributed by atoms with Gasteiger partial charge in [0.25, 0.3) is 0 Å². The summed E-state index contributed by atoms with van der Waals surface area (Å²) < 4.78 is 0. The fourth-order valence-electron chi connectivity index (χ4n) is 5.45. The second kappa shape index (κ2) is 19.7. The molecule has 1 aromatic carbocycles. The Morgan fingerprint density at radius 2 is 1.73 bits per heavy atom. The molecule has 1 saturated heterocycles. The number of nitrogens with one attached hydrogen (secondary N) is 3. The molecule has 0 spiro atoms. The van der Waals surface area contributed by atoms with Crippen molar-refractivity contribution in [3.8, 4) is 0 Å². The molecule has 0 aromatic heterocycles. The quantitative estimate of drug-likeness (QED) is 0.167. The van der Waals surface area contributed by atoms with Gasteiger partial charge >= 0.3 is 0 Å². The topological polar surface area (TPSA) is 120 Å². The van der Waals surface area contributed by atoms with Gasteiger partial charge in [-0.05, 0) is 75.8 Å². The molecule has 1 unspecified atom stereocenters. The molecule has 1 aliphatic heterocycles. The number of allylic oxidation sites excluding steroid dienone is 2. The highest BCUT2D eigenvalue weighted by molar-refractivity contribution is 5.96. The first kappa shape index (κ1) is 37.6. The number of ketones is 1. The van der Waals surface area contributed by atoms with Gasteiger partial charge in [-0.1, -0.05) is 57.4 Å². The molecule has 3 atom stereocenters. The predicted molar refractivity (Wildman–Crippen MR) is 183 cm³/mol. The van der Waals surface area contributed by atoms with Gasteiger partial charge in [-0.25, -0.2) is 0 Å². The summed E-state index contributed by atoms with van der Waals surface area (Å²) in [6.07, 6.45) is 10.1. The van der Waals surface area contributed by atoms with Crippen molar-refractivity contribution in [1.29, 1.82) is 0 Å². The summed E-state index contributed by atoms with van der Waals surface area (Å²) in [6, 6.07) is 7.05. The van der Waals surface area contributed by atoms with Crippen molar-refractivity contribution >= 4 is 35.4 Å². The first-order valence-corrected chi connectivity index (χ1v) is 16.5. The van der Waals surface area contributed by atoms with Crippen LogP contribution in [-0.2, 0) is 25.6 Å². The Morgan fingerprint density at radius 3 is 2.31 bits per heavy atom. The Balaban J connectivity index is 0.000000607. The lowest BCUT2D eigenvalue weighted by Gasteiger charge is -2.36. The number of amides is 3. The minimum atomic E-state index is -0.627. The van der Waals surface area contributed by atoms with Crippen molar-refractivity contribution in [3.63, 3.8) is 0 Å². The largest absolute Gasteiger partial charge is 0.344 e. The fraction of sp³-hybridized carbons (Fsp3) is 0.583. The van der Waals surface area contributed by atoms with Gasteiger partial charge in [0.2, 0.25) is 17.7 Å². The lowest BCUT2D eigenvalue weighted by atomic mass is 9.80. The molecule has 9 nitrogen and oxygen atoms in total. The van der Waals surface area contributed by atoms with E-state index in [0.29, 0.717) is 38.4 Å². The van der Waals surface area contributed by atoms with Crippen molar-refractivity contribution in [1.82, 2.24) is 15.5 Å². The number of hydrogen-bond acceptors (Lipinski definition) is 6. The number of benzene rings is 1. The molecule has 1 aliphatic carbocycles. The zero-order valence-corrected chi connectivity index (χ0v) is 28.3. The van der Waals surface area contributed by atoms with Gasteiger partial charge in [0.05, 0.1) is 0 Å². The molecule has 9 heteroatoms. The Morgan fingerprint density at radius 1 is 1.07 bits per heavy atom. The third-order valence-electron chi connectivity index (χ3n) is 8.64. The molecular weight excluding hydrogens is 566 g/mol. The van der Waals surface area contributed by atoms with Gasteiger partial charge in [0, 0.05) is 62.9 Å². The molecule has 1 aromatic rings.